The van der Waals surface area contributed by atoms with Crippen LogP contribution in [0.25, 0.3) is 11.1 Å². The van der Waals surface area contributed by atoms with Gasteiger partial charge in [-0.1, -0.05) is 35.5 Å². The molecule has 0 saturated heterocycles. The average Bonchev–Trinajstić information content (AvgIpc) is 3.24. The number of benzene rings is 2. The van der Waals surface area contributed by atoms with Crippen molar-refractivity contribution in [3.63, 3.8) is 0 Å². The maximum atomic E-state index is 4.74. The van der Waals surface area contributed by atoms with E-state index in [9.17, 15) is 0 Å². The van der Waals surface area contributed by atoms with Crippen molar-refractivity contribution in [2.45, 2.75) is 0 Å². The topological polar surface area (TPSA) is 31.7 Å². The Morgan fingerprint density at radius 3 is 2.70 bits per heavy atom. The SMILES string of the molecule is [Ir].[c-]1cccc2c1N1[CH-]N(c3nccs3)N=C1c1ccccc1-2. The fourth-order valence-corrected chi connectivity index (χ4v) is 3.43. The number of para-hydroxylation sites is 1. The van der Waals surface area contributed by atoms with Crippen molar-refractivity contribution < 1.29 is 20.1 Å². The van der Waals surface area contributed by atoms with Crippen molar-refractivity contribution in [2.75, 3.05) is 9.91 Å². The Hall–Kier alpha value is -2.01. The van der Waals surface area contributed by atoms with E-state index in [0.29, 0.717) is 0 Å². The molecule has 5 rings (SSSR count). The zero-order valence-electron chi connectivity index (χ0n) is 11.8. The van der Waals surface area contributed by atoms with Crippen LogP contribution in [0.5, 0.6) is 0 Å². The zero-order valence-corrected chi connectivity index (χ0v) is 15.0. The molecule has 1 radical (unpaired) electrons. The van der Waals surface area contributed by atoms with Crippen molar-refractivity contribution in [3.8, 4) is 11.1 Å². The molecule has 0 fully saturated rings. The van der Waals surface area contributed by atoms with E-state index in [1.54, 1.807) is 17.5 Å². The molecule has 3 heterocycles. The van der Waals surface area contributed by atoms with Gasteiger partial charge in [-0.05, 0) is 0 Å². The van der Waals surface area contributed by atoms with Gasteiger partial charge in [0.05, 0.1) is 0 Å². The zero-order chi connectivity index (χ0) is 14.5. The molecule has 0 unspecified atom stereocenters. The first-order chi connectivity index (χ1) is 10.9. The molecule has 0 saturated carbocycles. The number of aromatic nitrogens is 1. The van der Waals surface area contributed by atoms with E-state index >= 15 is 0 Å². The summed E-state index contributed by atoms with van der Waals surface area (Å²) in [4.78, 5) is 6.42. The number of hydrazone groups is 1. The Balaban J connectivity index is 0.00000135. The van der Waals surface area contributed by atoms with E-state index < -0.39 is 0 Å². The molecule has 2 aromatic carbocycles. The Morgan fingerprint density at radius 2 is 1.87 bits per heavy atom. The smallest absolute Gasteiger partial charge is 0.176 e. The van der Waals surface area contributed by atoms with E-state index in [1.165, 1.54) is 11.1 Å². The van der Waals surface area contributed by atoms with Crippen LogP contribution < -0.4 is 9.91 Å². The summed E-state index contributed by atoms with van der Waals surface area (Å²) >= 11 is 1.57. The number of fused-ring (bicyclic) bond motifs is 6. The first-order valence-electron chi connectivity index (χ1n) is 6.94. The molecule has 0 bridgehead atoms. The standard InChI is InChI=1S/C17H10N4S.Ir/c1-2-7-14-12(5-1)13-6-3-4-8-15(13)20-11-21(19-16(14)20)17-18-9-10-22-17;/h1-7,9-11H;/q-2;. The van der Waals surface area contributed by atoms with Gasteiger partial charge < -0.3 is 9.91 Å². The van der Waals surface area contributed by atoms with Crippen LogP contribution >= 0.6 is 11.3 Å². The predicted molar refractivity (Wildman–Crippen MR) is 88.6 cm³/mol. The van der Waals surface area contributed by atoms with Crippen molar-refractivity contribution in [2.24, 2.45) is 5.10 Å². The minimum Gasteiger partial charge on any atom is -0.476 e. The first-order valence-corrected chi connectivity index (χ1v) is 7.82. The second-order valence-corrected chi connectivity index (χ2v) is 5.92. The van der Waals surface area contributed by atoms with Gasteiger partial charge in [0, 0.05) is 37.2 Å². The van der Waals surface area contributed by atoms with Crippen LogP contribution in [-0.4, -0.2) is 10.8 Å². The molecule has 1 aromatic heterocycles. The van der Waals surface area contributed by atoms with Crippen LogP contribution in [0.3, 0.4) is 0 Å². The van der Waals surface area contributed by atoms with Crippen LogP contribution in [0, 0.1) is 12.7 Å². The molecule has 2 aliphatic heterocycles. The maximum Gasteiger partial charge on any atom is 0.176 e. The van der Waals surface area contributed by atoms with Crippen LogP contribution in [0.15, 0.2) is 59.1 Å². The summed E-state index contributed by atoms with van der Waals surface area (Å²) in [5, 5.41) is 9.38. The third kappa shape index (κ3) is 2.14. The maximum absolute atomic E-state index is 4.74. The number of amidine groups is 1. The molecule has 23 heavy (non-hydrogen) atoms. The number of nitrogens with zero attached hydrogens (tertiary/aromatic N) is 4. The molecular weight excluding hydrogens is 484 g/mol. The Morgan fingerprint density at radius 1 is 1.04 bits per heavy atom. The third-order valence-electron chi connectivity index (χ3n) is 3.80. The number of hydrogen-bond donors (Lipinski definition) is 0. The fourth-order valence-electron chi connectivity index (χ4n) is 2.87. The van der Waals surface area contributed by atoms with Crippen molar-refractivity contribution >= 4 is 28.0 Å². The quantitative estimate of drug-likeness (QED) is 0.484. The van der Waals surface area contributed by atoms with E-state index in [2.05, 4.69) is 40.2 Å². The van der Waals surface area contributed by atoms with E-state index in [-0.39, 0.29) is 20.1 Å². The first kappa shape index (κ1) is 14.6. The van der Waals surface area contributed by atoms with Crippen molar-refractivity contribution in [1.29, 1.82) is 0 Å². The molecule has 0 spiro atoms. The molecule has 0 amide bonds. The molecule has 0 aliphatic carbocycles. The second kappa shape index (κ2) is 5.57. The molecule has 6 heteroatoms. The van der Waals surface area contributed by atoms with Crippen LogP contribution in [0.4, 0.5) is 10.8 Å². The summed E-state index contributed by atoms with van der Waals surface area (Å²) < 4.78 is 0. The van der Waals surface area contributed by atoms with Gasteiger partial charge in [-0.3, -0.25) is 0 Å². The molecule has 3 aromatic rings. The summed E-state index contributed by atoms with van der Waals surface area (Å²) in [7, 11) is 0. The van der Waals surface area contributed by atoms with Crippen LogP contribution in [-0.2, 0) is 20.1 Å². The van der Waals surface area contributed by atoms with Gasteiger partial charge in [0.15, 0.2) is 5.13 Å². The number of rotatable bonds is 1. The number of thiazole rings is 1. The van der Waals surface area contributed by atoms with E-state index in [1.807, 2.05) is 35.3 Å². The summed E-state index contributed by atoms with van der Waals surface area (Å²) in [5.74, 6) is 0.917. The minimum absolute atomic E-state index is 0. The number of anilines is 2. The fraction of sp³-hybridized carbons (Fsp3) is 0. The Kier molecular flexibility index (Phi) is 3.53. The van der Waals surface area contributed by atoms with Gasteiger partial charge >= 0.3 is 0 Å². The van der Waals surface area contributed by atoms with Gasteiger partial charge in [-0.25, -0.2) is 4.98 Å². The average molecular weight is 495 g/mol. The van der Waals surface area contributed by atoms with Gasteiger partial charge in [0.25, 0.3) is 0 Å². The molecule has 0 N–H and O–H groups in total. The molecule has 115 valence electrons. The van der Waals surface area contributed by atoms with Gasteiger partial charge in [-0.2, -0.15) is 29.4 Å². The van der Waals surface area contributed by atoms with E-state index in [4.69, 9.17) is 5.10 Å². The summed E-state index contributed by atoms with van der Waals surface area (Å²) in [6.07, 6.45) is 1.79. The Bertz CT molecular complexity index is 891. The Labute approximate surface area is 151 Å². The van der Waals surface area contributed by atoms with Crippen LogP contribution in [0.1, 0.15) is 5.56 Å². The summed E-state index contributed by atoms with van der Waals surface area (Å²) in [6, 6.07) is 17.8. The molecule has 2 aliphatic rings. The van der Waals surface area contributed by atoms with Crippen molar-refractivity contribution in [3.05, 3.63) is 72.3 Å². The number of hydrogen-bond acceptors (Lipinski definition) is 5. The minimum atomic E-state index is 0. The van der Waals surface area contributed by atoms with Gasteiger partial charge in [-0.15, -0.1) is 23.6 Å². The third-order valence-corrected chi connectivity index (χ3v) is 4.57. The summed E-state index contributed by atoms with van der Waals surface area (Å²) in [6.45, 7) is 1.97. The predicted octanol–water partition coefficient (Wildman–Crippen LogP) is 3.73. The van der Waals surface area contributed by atoms with E-state index in [0.717, 1.165) is 22.2 Å². The van der Waals surface area contributed by atoms with Gasteiger partial charge in [0.2, 0.25) is 0 Å². The monoisotopic (exact) mass is 495 g/mol. The largest absolute Gasteiger partial charge is 0.476 e. The molecule has 0 atom stereocenters. The molecular formula is C17H10IrN4S-2. The van der Waals surface area contributed by atoms with Crippen LogP contribution in [0.2, 0.25) is 0 Å². The van der Waals surface area contributed by atoms with Crippen molar-refractivity contribution in [1.82, 2.24) is 4.98 Å². The summed E-state index contributed by atoms with van der Waals surface area (Å²) in [5.41, 5.74) is 4.52. The second-order valence-electron chi connectivity index (χ2n) is 5.05. The normalized spacial score (nSPS) is 14.5. The van der Waals surface area contributed by atoms with Gasteiger partial charge in [0.1, 0.15) is 5.84 Å². The molecule has 4 nitrogen and oxygen atoms in total.